The Hall–Kier alpha value is -1.57. The lowest BCUT2D eigenvalue weighted by Crippen LogP contribution is -2.43. The van der Waals surface area contributed by atoms with Gasteiger partial charge in [0.2, 0.25) is 5.91 Å². The van der Waals surface area contributed by atoms with Crippen LogP contribution in [0.4, 0.5) is 13.2 Å². The zero-order valence-electron chi connectivity index (χ0n) is 13.3. The minimum atomic E-state index is -4.41. The monoisotopic (exact) mass is 333 g/mol. The number of imidazole rings is 1. The minimum absolute atomic E-state index is 0.107. The standard InChI is InChI=1S/C15H22F3N3O2/c1-11(2)14-19-5-7-21(14)12-4-3-6-20(8-12)13(22)9-23-10-15(16,17)18/h5,7,11-12H,3-4,6,8-10H2,1-2H3/t12-/m1/s1. The molecule has 130 valence electrons. The fraction of sp³-hybridized carbons (Fsp3) is 0.733. The van der Waals surface area contributed by atoms with Gasteiger partial charge in [0.15, 0.2) is 0 Å². The second-order valence-corrected chi connectivity index (χ2v) is 6.09. The molecule has 0 radical (unpaired) electrons. The quantitative estimate of drug-likeness (QED) is 0.832. The van der Waals surface area contributed by atoms with Gasteiger partial charge in [0.25, 0.3) is 0 Å². The van der Waals surface area contributed by atoms with Gasteiger partial charge in [-0.25, -0.2) is 4.98 Å². The van der Waals surface area contributed by atoms with Crippen LogP contribution < -0.4 is 0 Å². The van der Waals surface area contributed by atoms with Crippen molar-refractivity contribution in [1.82, 2.24) is 14.5 Å². The van der Waals surface area contributed by atoms with Crippen LogP contribution in [-0.4, -0.2) is 52.8 Å². The van der Waals surface area contributed by atoms with Crippen molar-refractivity contribution in [2.24, 2.45) is 0 Å². The molecular weight excluding hydrogens is 311 g/mol. The second-order valence-electron chi connectivity index (χ2n) is 6.09. The highest BCUT2D eigenvalue weighted by atomic mass is 19.4. The van der Waals surface area contributed by atoms with Gasteiger partial charge in [-0.05, 0) is 12.8 Å². The first-order valence-corrected chi connectivity index (χ1v) is 7.73. The zero-order chi connectivity index (χ0) is 17.0. The summed E-state index contributed by atoms with van der Waals surface area (Å²) in [5.74, 6) is 0.828. The van der Waals surface area contributed by atoms with E-state index in [9.17, 15) is 18.0 Å². The Bertz CT molecular complexity index is 528. The Balaban J connectivity index is 1.92. The van der Waals surface area contributed by atoms with E-state index in [-0.39, 0.29) is 12.0 Å². The predicted octanol–water partition coefficient (Wildman–Crippen LogP) is 2.75. The Labute approximate surface area is 133 Å². The number of ether oxygens (including phenoxy) is 1. The average Bonchev–Trinajstić information content (AvgIpc) is 2.95. The van der Waals surface area contributed by atoms with Crippen LogP contribution in [0.25, 0.3) is 0 Å². The van der Waals surface area contributed by atoms with E-state index >= 15 is 0 Å². The van der Waals surface area contributed by atoms with Gasteiger partial charge in [-0.2, -0.15) is 13.2 Å². The van der Waals surface area contributed by atoms with Gasteiger partial charge < -0.3 is 14.2 Å². The van der Waals surface area contributed by atoms with Crippen molar-refractivity contribution < 1.29 is 22.7 Å². The van der Waals surface area contributed by atoms with Crippen molar-refractivity contribution in [2.45, 2.75) is 44.8 Å². The highest BCUT2D eigenvalue weighted by Crippen LogP contribution is 2.25. The topological polar surface area (TPSA) is 47.4 Å². The highest BCUT2D eigenvalue weighted by molar-refractivity contribution is 5.77. The van der Waals surface area contributed by atoms with Crippen molar-refractivity contribution in [1.29, 1.82) is 0 Å². The van der Waals surface area contributed by atoms with E-state index in [4.69, 9.17) is 0 Å². The second kappa shape index (κ2) is 7.33. The molecule has 0 N–H and O–H groups in total. The highest BCUT2D eigenvalue weighted by Gasteiger charge is 2.30. The summed E-state index contributed by atoms with van der Waals surface area (Å²) in [6, 6.07) is 0.107. The molecular formula is C15H22F3N3O2. The van der Waals surface area contributed by atoms with E-state index in [1.807, 2.05) is 6.20 Å². The van der Waals surface area contributed by atoms with E-state index in [2.05, 4.69) is 28.1 Å². The Morgan fingerprint density at radius 3 is 2.87 bits per heavy atom. The van der Waals surface area contributed by atoms with Gasteiger partial charge in [-0.1, -0.05) is 13.8 Å². The van der Waals surface area contributed by atoms with E-state index in [0.29, 0.717) is 13.1 Å². The van der Waals surface area contributed by atoms with E-state index in [0.717, 1.165) is 18.7 Å². The first-order valence-electron chi connectivity index (χ1n) is 7.73. The number of carbonyl (C=O) groups is 1. The molecule has 0 spiro atoms. The summed E-state index contributed by atoms with van der Waals surface area (Å²) in [6.45, 7) is 3.20. The summed E-state index contributed by atoms with van der Waals surface area (Å²) in [5, 5.41) is 0. The zero-order valence-corrected chi connectivity index (χ0v) is 13.3. The molecule has 0 unspecified atom stereocenters. The number of carbonyl (C=O) groups excluding carboxylic acids is 1. The summed E-state index contributed by atoms with van der Waals surface area (Å²) in [5.41, 5.74) is 0. The molecule has 5 nitrogen and oxygen atoms in total. The smallest absolute Gasteiger partial charge is 0.362 e. The number of amides is 1. The third kappa shape index (κ3) is 4.95. The molecule has 1 aliphatic rings. The minimum Gasteiger partial charge on any atom is -0.362 e. The number of halogens is 3. The maximum atomic E-state index is 12.1. The number of aromatic nitrogens is 2. The maximum absolute atomic E-state index is 12.1. The Morgan fingerprint density at radius 1 is 1.48 bits per heavy atom. The number of alkyl halides is 3. The molecule has 1 aliphatic heterocycles. The van der Waals surface area contributed by atoms with Crippen LogP contribution in [0.15, 0.2) is 12.4 Å². The summed E-state index contributed by atoms with van der Waals surface area (Å²) >= 11 is 0. The lowest BCUT2D eigenvalue weighted by molar-refractivity contribution is -0.178. The fourth-order valence-corrected chi connectivity index (χ4v) is 2.83. The summed E-state index contributed by atoms with van der Waals surface area (Å²) in [4.78, 5) is 18.0. The van der Waals surface area contributed by atoms with Gasteiger partial charge in [0.1, 0.15) is 19.0 Å². The molecule has 0 aliphatic carbocycles. The fourth-order valence-electron chi connectivity index (χ4n) is 2.83. The maximum Gasteiger partial charge on any atom is 0.411 e. The van der Waals surface area contributed by atoms with E-state index in [1.165, 1.54) is 0 Å². The molecule has 8 heteroatoms. The van der Waals surface area contributed by atoms with Gasteiger partial charge in [-0.15, -0.1) is 0 Å². The van der Waals surface area contributed by atoms with Crippen LogP contribution in [-0.2, 0) is 9.53 Å². The van der Waals surface area contributed by atoms with Crippen LogP contribution in [0, 0.1) is 0 Å². The molecule has 0 aromatic carbocycles. The van der Waals surface area contributed by atoms with Gasteiger partial charge >= 0.3 is 6.18 Å². The lowest BCUT2D eigenvalue weighted by Gasteiger charge is -2.34. The summed E-state index contributed by atoms with van der Waals surface area (Å²) < 4.78 is 42.7. The molecule has 1 saturated heterocycles. The molecule has 1 amide bonds. The van der Waals surface area contributed by atoms with Gasteiger partial charge in [0.05, 0.1) is 6.04 Å². The summed E-state index contributed by atoms with van der Waals surface area (Å²) in [7, 11) is 0. The SMILES string of the molecule is CC(C)c1nccn1[C@@H]1CCCN(C(=O)COCC(F)(F)F)C1. The Morgan fingerprint density at radius 2 is 2.22 bits per heavy atom. The molecule has 1 aromatic heterocycles. The molecule has 0 saturated carbocycles. The first-order chi connectivity index (χ1) is 10.8. The van der Waals surface area contributed by atoms with Crippen molar-refractivity contribution in [3.63, 3.8) is 0 Å². The van der Waals surface area contributed by atoms with Crippen LogP contribution in [0.3, 0.4) is 0 Å². The molecule has 2 heterocycles. The lowest BCUT2D eigenvalue weighted by atomic mass is 10.0. The third-order valence-corrected chi connectivity index (χ3v) is 3.85. The van der Waals surface area contributed by atoms with E-state index in [1.54, 1.807) is 11.1 Å². The number of nitrogens with zero attached hydrogens (tertiary/aromatic N) is 3. The van der Waals surface area contributed by atoms with Crippen LogP contribution in [0.1, 0.15) is 44.5 Å². The van der Waals surface area contributed by atoms with Crippen molar-refractivity contribution >= 4 is 5.91 Å². The van der Waals surface area contributed by atoms with Gasteiger partial charge in [-0.3, -0.25) is 4.79 Å². The summed E-state index contributed by atoms with van der Waals surface area (Å²) in [6.07, 6.45) is 0.957. The van der Waals surface area contributed by atoms with Crippen molar-refractivity contribution in [3.05, 3.63) is 18.2 Å². The number of rotatable bonds is 5. The number of piperidine rings is 1. The van der Waals surface area contributed by atoms with Gasteiger partial charge in [0, 0.05) is 31.4 Å². The number of likely N-dealkylation sites (tertiary alicyclic amines) is 1. The molecule has 2 rings (SSSR count). The third-order valence-electron chi connectivity index (χ3n) is 3.85. The average molecular weight is 333 g/mol. The molecule has 1 atom stereocenters. The van der Waals surface area contributed by atoms with Crippen LogP contribution in [0.5, 0.6) is 0 Å². The predicted molar refractivity (Wildman–Crippen MR) is 78.0 cm³/mol. The molecule has 0 bridgehead atoms. The van der Waals surface area contributed by atoms with Crippen molar-refractivity contribution in [2.75, 3.05) is 26.3 Å². The number of hydrogen-bond donors (Lipinski definition) is 0. The largest absolute Gasteiger partial charge is 0.411 e. The molecule has 23 heavy (non-hydrogen) atoms. The molecule has 1 aromatic rings. The Kier molecular flexibility index (Phi) is 5.67. The van der Waals surface area contributed by atoms with Crippen LogP contribution in [0.2, 0.25) is 0 Å². The normalized spacial score (nSPS) is 19.4. The van der Waals surface area contributed by atoms with E-state index < -0.39 is 25.3 Å². The van der Waals surface area contributed by atoms with Crippen molar-refractivity contribution in [3.8, 4) is 0 Å². The molecule has 1 fully saturated rings. The first kappa shape index (κ1) is 17.8. The van der Waals surface area contributed by atoms with Crippen LogP contribution >= 0.6 is 0 Å². The number of hydrogen-bond acceptors (Lipinski definition) is 3.